The Morgan fingerprint density at radius 1 is 1.33 bits per heavy atom. The molecule has 86 valence electrons. The standard InChI is InChI=1S/C12H21NOS/c1-4-6-12(14,7-5-2)8-11-13-10(3)9-15-11/h9,14H,4-8H2,1-3H3. The van der Waals surface area contributed by atoms with Gasteiger partial charge in [-0.05, 0) is 19.8 Å². The van der Waals surface area contributed by atoms with E-state index in [4.69, 9.17) is 0 Å². The van der Waals surface area contributed by atoms with Crippen molar-refractivity contribution >= 4 is 11.3 Å². The molecule has 1 rings (SSSR count). The SMILES string of the molecule is CCCC(O)(CCC)Cc1nc(C)cs1. The Hall–Kier alpha value is -0.410. The van der Waals surface area contributed by atoms with Crippen LogP contribution in [0.5, 0.6) is 0 Å². The average molecular weight is 227 g/mol. The Morgan fingerprint density at radius 3 is 2.33 bits per heavy atom. The number of hydrogen-bond donors (Lipinski definition) is 1. The summed E-state index contributed by atoms with van der Waals surface area (Å²) in [6.45, 7) is 6.24. The number of hydrogen-bond acceptors (Lipinski definition) is 3. The van der Waals surface area contributed by atoms with Crippen LogP contribution in [-0.2, 0) is 6.42 Å². The van der Waals surface area contributed by atoms with Crippen LogP contribution in [0.15, 0.2) is 5.38 Å². The molecular weight excluding hydrogens is 206 g/mol. The average Bonchev–Trinajstić information content (AvgIpc) is 2.51. The van der Waals surface area contributed by atoms with E-state index in [2.05, 4.69) is 18.8 Å². The summed E-state index contributed by atoms with van der Waals surface area (Å²) in [6, 6.07) is 0. The molecule has 0 aromatic carbocycles. The van der Waals surface area contributed by atoms with Gasteiger partial charge < -0.3 is 5.11 Å². The number of nitrogens with zero attached hydrogens (tertiary/aromatic N) is 1. The fourth-order valence-corrected chi connectivity index (χ4v) is 2.91. The second kappa shape index (κ2) is 5.61. The molecule has 0 aliphatic carbocycles. The summed E-state index contributed by atoms with van der Waals surface area (Å²) < 4.78 is 0. The molecule has 1 aromatic rings. The van der Waals surface area contributed by atoms with Gasteiger partial charge in [-0.1, -0.05) is 26.7 Å². The first kappa shape index (κ1) is 12.7. The molecule has 0 radical (unpaired) electrons. The summed E-state index contributed by atoms with van der Waals surface area (Å²) in [5, 5.41) is 13.6. The Morgan fingerprint density at radius 2 is 1.93 bits per heavy atom. The van der Waals surface area contributed by atoms with E-state index in [1.807, 2.05) is 12.3 Å². The molecule has 0 spiro atoms. The molecule has 0 unspecified atom stereocenters. The van der Waals surface area contributed by atoms with Gasteiger partial charge in [-0.2, -0.15) is 0 Å². The van der Waals surface area contributed by atoms with Crippen LogP contribution in [0.1, 0.15) is 50.2 Å². The van der Waals surface area contributed by atoms with Crippen LogP contribution in [0.4, 0.5) is 0 Å². The number of aliphatic hydroxyl groups is 1. The summed E-state index contributed by atoms with van der Waals surface area (Å²) in [6.07, 6.45) is 4.52. The molecule has 1 aromatic heterocycles. The molecule has 1 heterocycles. The minimum atomic E-state index is -0.534. The second-order valence-corrected chi connectivity index (χ2v) is 5.23. The molecule has 0 saturated carbocycles. The van der Waals surface area contributed by atoms with Gasteiger partial charge in [-0.25, -0.2) is 4.98 Å². The molecule has 0 atom stereocenters. The van der Waals surface area contributed by atoms with Crippen LogP contribution in [-0.4, -0.2) is 15.7 Å². The molecule has 0 aliphatic rings. The third kappa shape index (κ3) is 3.92. The van der Waals surface area contributed by atoms with Gasteiger partial charge in [0.25, 0.3) is 0 Å². The zero-order chi connectivity index (χ0) is 11.3. The summed E-state index contributed by atoms with van der Waals surface area (Å²) in [4.78, 5) is 4.42. The molecule has 1 N–H and O–H groups in total. The van der Waals surface area contributed by atoms with E-state index < -0.39 is 5.60 Å². The van der Waals surface area contributed by atoms with E-state index in [0.717, 1.165) is 36.4 Å². The van der Waals surface area contributed by atoms with Crippen LogP contribution < -0.4 is 0 Å². The zero-order valence-electron chi connectivity index (χ0n) is 9.92. The van der Waals surface area contributed by atoms with Gasteiger partial charge >= 0.3 is 0 Å². The first-order chi connectivity index (χ1) is 7.09. The summed E-state index contributed by atoms with van der Waals surface area (Å²) in [5.74, 6) is 0. The van der Waals surface area contributed by atoms with Crippen molar-refractivity contribution in [3.63, 3.8) is 0 Å². The first-order valence-electron chi connectivity index (χ1n) is 5.73. The normalized spacial score (nSPS) is 12.0. The van der Waals surface area contributed by atoms with Crippen molar-refractivity contribution in [1.29, 1.82) is 0 Å². The Kier molecular flexibility index (Phi) is 4.74. The molecule has 15 heavy (non-hydrogen) atoms. The smallest absolute Gasteiger partial charge is 0.0956 e. The molecular formula is C12H21NOS. The number of thiazole rings is 1. The fraction of sp³-hybridized carbons (Fsp3) is 0.750. The highest BCUT2D eigenvalue weighted by atomic mass is 32.1. The van der Waals surface area contributed by atoms with Crippen LogP contribution in [0.25, 0.3) is 0 Å². The lowest BCUT2D eigenvalue weighted by Crippen LogP contribution is -2.31. The highest BCUT2D eigenvalue weighted by Crippen LogP contribution is 2.25. The molecule has 0 bridgehead atoms. The molecule has 3 heteroatoms. The number of aryl methyl sites for hydroxylation is 1. The third-order valence-corrected chi connectivity index (χ3v) is 3.54. The Labute approximate surface area is 96.4 Å². The predicted molar refractivity (Wildman–Crippen MR) is 65.3 cm³/mol. The summed E-state index contributed by atoms with van der Waals surface area (Å²) >= 11 is 1.66. The van der Waals surface area contributed by atoms with E-state index in [-0.39, 0.29) is 0 Å². The van der Waals surface area contributed by atoms with Gasteiger partial charge in [0, 0.05) is 17.5 Å². The van der Waals surface area contributed by atoms with Gasteiger partial charge in [0.1, 0.15) is 0 Å². The van der Waals surface area contributed by atoms with Crippen molar-refractivity contribution in [2.45, 2.75) is 58.5 Å². The van der Waals surface area contributed by atoms with Crippen LogP contribution in [0.3, 0.4) is 0 Å². The van der Waals surface area contributed by atoms with E-state index >= 15 is 0 Å². The molecule has 0 fully saturated rings. The molecule has 2 nitrogen and oxygen atoms in total. The van der Waals surface area contributed by atoms with E-state index in [9.17, 15) is 5.11 Å². The van der Waals surface area contributed by atoms with E-state index in [1.54, 1.807) is 11.3 Å². The van der Waals surface area contributed by atoms with Gasteiger partial charge in [0.2, 0.25) is 0 Å². The number of aromatic nitrogens is 1. The van der Waals surface area contributed by atoms with E-state index in [1.165, 1.54) is 0 Å². The van der Waals surface area contributed by atoms with Crippen molar-refractivity contribution in [3.05, 3.63) is 16.1 Å². The Bertz CT molecular complexity index is 290. The van der Waals surface area contributed by atoms with E-state index in [0.29, 0.717) is 6.42 Å². The van der Waals surface area contributed by atoms with Gasteiger partial charge in [-0.15, -0.1) is 11.3 Å². The molecule has 0 amide bonds. The quantitative estimate of drug-likeness (QED) is 0.808. The van der Waals surface area contributed by atoms with Crippen molar-refractivity contribution in [1.82, 2.24) is 4.98 Å². The molecule has 0 saturated heterocycles. The number of rotatable bonds is 6. The lowest BCUT2D eigenvalue weighted by molar-refractivity contribution is 0.0216. The Balaban J connectivity index is 2.65. The highest BCUT2D eigenvalue weighted by Gasteiger charge is 2.26. The van der Waals surface area contributed by atoms with Crippen LogP contribution >= 0.6 is 11.3 Å². The summed E-state index contributed by atoms with van der Waals surface area (Å²) in [5.41, 5.74) is 0.527. The fourth-order valence-electron chi connectivity index (χ4n) is 2.00. The largest absolute Gasteiger partial charge is 0.389 e. The van der Waals surface area contributed by atoms with Crippen molar-refractivity contribution in [2.24, 2.45) is 0 Å². The lowest BCUT2D eigenvalue weighted by Gasteiger charge is -2.26. The van der Waals surface area contributed by atoms with Gasteiger partial charge in [0.05, 0.1) is 10.6 Å². The van der Waals surface area contributed by atoms with Crippen LogP contribution in [0, 0.1) is 6.92 Å². The first-order valence-corrected chi connectivity index (χ1v) is 6.61. The molecule has 0 aliphatic heterocycles. The maximum atomic E-state index is 10.4. The minimum Gasteiger partial charge on any atom is -0.389 e. The lowest BCUT2D eigenvalue weighted by atomic mass is 9.90. The topological polar surface area (TPSA) is 33.1 Å². The maximum Gasteiger partial charge on any atom is 0.0956 e. The highest BCUT2D eigenvalue weighted by molar-refractivity contribution is 7.09. The zero-order valence-corrected chi connectivity index (χ0v) is 10.7. The van der Waals surface area contributed by atoms with Crippen LogP contribution in [0.2, 0.25) is 0 Å². The van der Waals surface area contributed by atoms with Gasteiger partial charge in [-0.3, -0.25) is 0 Å². The summed E-state index contributed by atoms with van der Waals surface area (Å²) in [7, 11) is 0. The van der Waals surface area contributed by atoms with Crippen molar-refractivity contribution in [2.75, 3.05) is 0 Å². The monoisotopic (exact) mass is 227 g/mol. The van der Waals surface area contributed by atoms with Crippen molar-refractivity contribution in [3.8, 4) is 0 Å². The van der Waals surface area contributed by atoms with Gasteiger partial charge in [0.15, 0.2) is 0 Å². The maximum absolute atomic E-state index is 10.4. The second-order valence-electron chi connectivity index (χ2n) is 4.28. The third-order valence-electron chi connectivity index (χ3n) is 2.58. The minimum absolute atomic E-state index is 0.534. The van der Waals surface area contributed by atoms with Crippen molar-refractivity contribution < 1.29 is 5.11 Å². The predicted octanol–water partition coefficient (Wildman–Crippen LogP) is 3.33.